The average molecular weight is 377 g/mol. The number of halogens is 1. The number of anilines is 1. The normalized spacial score (nSPS) is 14.4. The fraction of sp³-hybridized carbons (Fsp3) is 0.250. The Morgan fingerprint density at radius 1 is 1.07 bits per heavy atom. The molecule has 3 heterocycles. The number of H-pyrrole nitrogens is 2. The van der Waals surface area contributed by atoms with Crippen LogP contribution < -0.4 is 10.6 Å². The number of benzene rings is 2. The van der Waals surface area contributed by atoms with Crippen molar-refractivity contribution in [3.8, 4) is 0 Å². The number of nitrogens with one attached hydrogen (secondary N) is 3. The van der Waals surface area contributed by atoms with Crippen molar-refractivity contribution < 1.29 is 4.39 Å². The van der Waals surface area contributed by atoms with E-state index < -0.39 is 0 Å². The molecular weight excluding hydrogens is 357 g/mol. The highest BCUT2D eigenvalue weighted by atomic mass is 19.1. The van der Waals surface area contributed by atoms with Crippen LogP contribution in [0.4, 0.5) is 10.1 Å². The molecule has 5 N–H and O–H groups in total. The molecule has 2 aromatic heterocycles. The number of amidine groups is 1. The number of hydrogen-bond donors (Lipinski definition) is 4. The number of imidazole rings is 2. The van der Waals surface area contributed by atoms with Gasteiger partial charge in [0.05, 0.1) is 28.7 Å². The number of nitrogens with two attached hydrogens (primary N) is 1. The molecule has 1 saturated heterocycles. The van der Waals surface area contributed by atoms with E-state index in [1.54, 1.807) is 12.1 Å². The molecule has 0 radical (unpaired) electrons. The van der Waals surface area contributed by atoms with Crippen molar-refractivity contribution in [2.45, 2.75) is 19.3 Å². The average Bonchev–Trinajstić information content (AvgIpc) is 3.39. The quantitative estimate of drug-likeness (QED) is 0.324. The van der Waals surface area contributed by atoms with Crippen LogP contribution in [0.2, 0.25) is 0 Å². The number of aromatic nitrogens is 4. The maximum absolute atomic E-state index is 14.1. The van der Waals surface area contributed by atoms with Crippen molar-refractivity contribution in [3.05, 3.63) is 53.4 Å². The van der Waals surface area contributed by atoms with Crippen LogP contribution in [-0.2, 0) is 6.42 Å². The maximum atomic E-state index is 14.1. The summed E-state index contributed by atoms with van der Waals surface area (Å²) >= 11 is 0. The molecule has 1 fully saturated rings. The lowest BCUT2D eigenvalue weighted by molar-refractivity contribution is 0.629. The lowest BCUT2D eigenvalue weighted by Crippen LogP contribution is -2.18. The van der Waals surface area contributed by atoms with Gasteiger partial charge >= 0.3 is 0 Å². The predicted molar refractivity (Wildman–Crippen MR) is 107 cm³/mol. The van der Waals surface area contributed by atoms with Gasteiger partial charge in [-0.2, -0.15) is 0 Å². The van der Waals surface area contributed by atoms with E-state index in [1.807, 2.05) is 12.1 Å². The third kappa shape index (κ3) is 2.87. The third-order valence-electron chi connectivity index (χ3n) is 5.20. The van der Waals surface area contributed by atoms with Gasteiger partial charge in [-0.1, -0.05) is 0 Å². The van der Waals surface area contributed by atoms with Crippen molar-refractivity contribution in [2.75, 3.05) is 18.0 Å². The van der Waals surface area contributed by atoms with E-state index in [-0.39, 0.29) is 11.7 Å². The Morgan fingerprint density at radius 2 is 1.82 bits per heavy atom. The molecule has 4 aromatic rings. The minimum Gasteiger partial charge on any atom is -0.384 e. The Morgan fingerprint density at radius 3 is 2.61 bits per heavy atom. The van der Waals surface area contributed by atoms with E-state index in [2.05, 4.69) is 19.9 Å². The second kappa shape index (κ2) is 6.33. The molecular formula is C20H20FN7. The fourth-order valence-electron chi connectivity index (χ4n) is 3.87. The van der Waals surface area contributed by atoms with Crippen LogP contribution in [0.25, 0.3) is 22.1 Å². The summed E-state index contributed by atoms with van der Waals surface area (Å²) < 4.78 is 14.1. The Balaban J connectivity index is 1.50. The monoisotopic (exact) mass is 377 g/mol. The number of nitrogen functional groups attached to an aromatic ring is 1. The van der Waals surface area contributed by atoms with Crippen molar-refractivity contribution in [2.24, 2.45) is 5.73 Å². The van der Waals surface area contributed by atoms with Crippen molar-refractivity contribution >= 4 is 33.6 Å². The van der Waals surface area contributed by atoms with Gasteiger partial charge in [0.2, 0.25) is 0 Å². The van der Waals surface area contributed by atoms with Crippen LogP contribution in [0.15, 0.2) is 30.3 Å². The van der Waals surface area contributed by atoms with Gasteiger partial charge in [-0.05, 0) is 43.2 Å². The molecule has 0 unspecified atom stereocenters. The lowest BCUT2D eigenvalue weighted by Gasteiger charge is -2.17. The van der Waals surface area contributed by atoms with E-state index in [0.29, 0.717) is 17.5 Å². The summed E-state index contributed by atoms with van der Waals surface area (Å²) in [5.74, 6) is 1.24. The predicted octanol–water partition coefficient (Wildman–Crippen LogP) is 3.05. The summed E-state index contributed by atoms with van der Waals surface area (Å²) in [6.45, 7) is 1.87. The first-order valence-corrected chi connectivity index (χ1v) is 9.33. The molecule has 1 aliphatic heterocycles. The van der Waals surface area contributed by atoms with Crippen LogP contribution in [0, 0.1) is 11.2 Å². The van der Waals surface area contributed by atoms with Crippen molar-refractivity contribution in [1.82, 2.24) is 19.9 Å². The zero-order valence-electron chi connectivity index (χ0n) is 15.2. The fourth-order valence-corrected chi connectivity index (χ4v) is 3.87. The highest BCUT2D eigenvalue weighted by molar-refractivity contribution is 5.98. The minimum absolute atomic E-state index is 0.0202. The number of hydrogen-bond acceptors (Lipinski definition) is 4. The first-order chi connectivity index (χ1) is 13.6. The topological polar surface area (TPSA) is 110 Å². The Hall–Kier alpha value is -3.42. The van der Waals surface area contributed by atoms with Crippen LogP contribution in [-0.4, -0.2) is 38.9 Å². The summed E-state index contributed by atoms with van der Waals surface area (Å²) in [6.07, 6.45) is 2.72. The van der Waals surface area contributed by atoms with Crippen LogP contribution in [0.5, 0.6) is 0 Å². The van der Waals surface area contributed by atoms with Gasteiger partial charge in [0.1, 0.15) is 28.8 Å². The minimum atomic E-state index is -0.259. The summed E-state index contributed by atoms with van der Waals surface area (Å²) in [7, 11) is 0. The largest absolute Gasteiger partial charge is 0.384 e. The standard InChI is InChI=1S/C20H20FN7/c21-12-8-15-19(16(9-12)28-5-1-2-6-28)27-18(26-15)10-17-24-13-4-3-11(20(22)23)7-14(13)25-17/h3-4,7-9H,1-2,5-6,10H2,(H3,22,23)(H,24,25)(H,26,27). The van der Waals surface area contributed by atoms with Crippen LogP contribution >= 0.6 is 0 Å². The summed E-state index contributed by atoms with van der Waals surface area (Å²) in [5, 5.41) is 7.56. The first kappa shape index (κ1) is 16.7. The molecule has 0 saturated carbocycles. The molecule has 8 heteroatoms. The molecule has 7 nitrogen and oxygen atoms in total. The molecule has 0 amide bonds. The lowest BCUT2D eigenvalue weighted by atomic mass is 10.2. The summed E-state index contributed by atoms with van der Waals surface area (Å²) in [6, 6.07) is 8.49. The number of nitrogens with zero attached hydrogens (tertiary/aromatic N) is 3. The molecule has 1 aliphatic rings. The number of aromatic amines is 2. The van der Waals surface area contributed by atoms with Gasteiger partial charge in [-0.15, -0.1) is 0 Å². The van der Waals surface area contributed by atoms with Crippen LogP contribution in [0.1, 0.15) is 30.1 Å². The van der Waals surface area contributed by atoms with E-state index in [1.165, 1.54) is 6.07 Å². The Labute approximate surface area is 160 Å². The van der Waals surface area contributed by atoms with E-state index in [4.69, 9.17) is 16.1 Å². The molecule has 0 atom stereocenters. The van der Waals surface area contributed by atoms with Crippen molar-refractivity contribution in [3.63, 3.8) is 0 Å². The zero-order chi connectivity index (χ0) is 19.3. The Kier molecular flexibility index (Phi) is 3.78. The van der Waals surface area contributed by atoms with Gasteiger partial charge in [0.15, 0.2) is 0 Å². The third-order valence-corrected chi connectivity index (χ3v) is 5.20. The SMILES string of the molecule is N=C(N)c1ccc2nc(Cc3nc4c(N5CCCC5)cc(F)cc4[nH]3)[nH]c2c1. The van der Waals surface area contributed by atoms with Gasteiger partial charge in [-0.25, -0.2) is 14.4 Å². The van der Waals surface area contributed by atoms with E-state index >= 15 is 0 Å². The highest BCUT2D eigenvalue weighted by Crippen LogP contribution is 2.29. The molecule has 28 heavy (non-hydrogen) atoms. The first-order valence-electron chi connectivity index (χ1n) is 9.33. The zero-order valence-corrected chi connectivity index (χ0v) is 15.2. The molecule has 0 aliphatic carbocycles. The second-order valence-electron chi connectivity index (χ2n) is 7.20. The molecule has 2 aromatic carbocycles. The summed E-state index contributed by atoms with van der Waals surface area (Å²) in [4.78, 5) is 18.0. The van der Waals surface area contributed by atoms with Gasteiger partial charge in [0, 0.05) is 18.7 Å². The van der Waals surface area contributed by atoms with E-state index in [0.717, 1.165) is 59.8 Å². The molecule has 142 valence electrons. The summed E-state index contributed by atoms with van der Waals surface area (Å²) in [5.41, 5.74) is 10.2. The molecule has 0 spiro atoms. The van der Waals surface area contributed by atoms with Gasteiger partial charge < -0.3 is 20.6 Å². The van der Waals surface area contributed by atoms with Crippen molar-refractivity contribution in [1.29, 1.82) is 5.41 Å². The number of fused-ring (bicyclic) bond motifs is 2. The van der Waals surface area contributed by atoms with E-state index in [9.17, 15) is 4.39 Å². The van der Waals surface area contributed by atoms with Crippen LogP contribution in [0.3, 0.4) is 0 Å². The van der Waals surface area contributed by atoms with Gasteiger partial charge in [-0.3, -0.25) is 5.41 Å². The molecule has 5 rings (SSSR count). The smallest absolute Gasteiger partial charge is 0.127 e. The number of rotatable bonds is 4. The maximum Gasteiger partial charge on any atom is 0.127 e. The Bertz CT molecular complexity index is 1200. The van der Waals surface area contributed by atoms with Gasteiger partial charge in [0.25, 0.3) is 0 Å². The second-order valence-corrected chi connectivity index (χ2v) is 7.20. The molecule has 0 bridgehead atoms. The highest BCUT2D eigenvalue weighted by Gasteiger charge is 2.19.